The molecule has 9 nitrogen and oxygen atoms in total. The second kappa shape index (κ2) is 10.3. The molecule has 1 N–H and O–H groups in total. The fourth-order valence-electron chi connectivity index (χ4n) is 3.87. The summed E-state index contributed by atoms with van der Waals surface area (Å²) in [5, 5.41) is 14.1. The van der Waals surface area contributed by atoms with E-state index in [1.807, 2.05) is 4.90 Å². The number of piperazine rings is 1. The highest BCUT2D eigenvalue weighted by molar-refractivity contribution is 7.89. The molecule has 1 aromatic heterocycles. The number of phenols is 1. The van der Waals surface area contributed by atoms with Gasteiger partial charge in [0, 0.05) is 31.2 Å². The van der Waals surface area contributed by atoms with Crippen LogP contribution in [0.15, 0.2) is 59.5 Å². The molecule has 4 rings (SSSR count). The lowest BCUT2D eigenvalue weighted by atomic mass is 10.2. The van der Waals surface area contributed by atoms with Crippen molar-refractivity contribution in [3.05, 3.63) is 75.7 Å². The molecule has 1 saturated heterocycles. The second-order valence-corrected chi connectivity index (χ2v) is 11.4. The molecule has 0 atom stereocenters. The summed E-state index contributed by atoms with van der Waals surface area (Å²) >= 11 is 6.11. The standard InChI is InChI=1S/C24H27ClN4O5S/c1-17(2)35(32,33)28-11-9-27(10-12-28)22-15-26-29(20-7-4-6-19(25)14-20)24(31)23(22)34-16-18-5-3-8-21(30)13-18/h3-8,13-15,17,30H,9-12,16H2,1-2H3. The molecule has 0 bridgehead atoms. The van der Waals surface area contributed by atoms with Gasteiger partial charge in [-0.25, -0.2) is 8.42 Å². The Labute approximate surface area is 209 Å². The van der Waals surface area contributed by atoms with E-state index in [9.17, 15) is 18.3 Å². The normalized spacial score (nSPS) is 14.9. The largest absolute Gasteiger partial charge is 0.508 e. The van der Waals surface area contributed by atoms with Crippen LogP contribution in [-0.4, -0.2) is 59.0 Å². The zero-order chi connectivity index (χ0) is 25.2. The summed E-state index contributed by atoms with van der Waals surface area (Å²) in [5.74, 6) is 0.184. The molecule has 1 aliphatic heterocycles. The Morgan fingerprint density at radius 2 is 1.80 bits per heavy atom. The molecule has 3 aromatic rings. The summed E-state index contributed by atoms with van der Waals surface area (Å²) in [6.45, 7) is 4.74. The van der Waals surface area contributed by atoms with Gasteiger partial charge in [-0.05, 0) is 49.7 Å². The van der Waals surface area contributed by atoms with Gasteiger partial charge in [-0.1, -0.05) is 29.8 Å². The Kier molecular flexibility index (Phi) is 7.34. The lowest BCUT2D eigenvalue weighted by Gasteiger charge is -2.36. The average Bonchev–Trinajstić information content (AvgIpc) is 2.83. The van der Waals surface area contributed by atoms with Gasteiger partial charge in [-0.15, -0.1) is 0 Å². The van der Waals surface area contributed by atoms with Gasteiger partial charge in [-0.2, -0.15) is 14.1 Å². The fraction of sp³-hybridized carbons (Fsp3) is 0.333. The number of nitrogens with zero attached hydrogens (tertiary/aromatic N) is 4. The SMILES string of the molecule is CC(C)S(=O)(=O)N1CCN(c2cnn(-c3cccc(Cl)c3)c(=O)c2OCc2cccc(O)c2)CC1. The van der Waals surface area contributed by atoms with Crippen LogP contribution in [0.2, 0.25) is 5.02 Å². The van der Waals surface area contributed by atoms with Crippen molar-refractivity contribution in [2.24, 2.45) is 0 Å². The van der Waals surface area contributed by atoms with E-state index in [-0.39, 0.29) is 18.1 Å². The molecule has 0 unspecified atom stereocenters. The second-order valence-electron chi connectivity index (χ2n) is 8.49. The minimum Gasteiger partial charge on any atom is -0.508 e. The first-order valence-electron chi connectivity index (χ1n) is 11.2. The van der Waals surface area contributed by atoms with Crippen molar-refractivity contribution in [2.75, 3.05) is 31.1 Å². The van der Waals surface area contributed by atoms with Crippen LogP contribution in [0.5, 0.6) is 11.5 Å². The molecule has 35 heavy (non-hydrogen) atoms. The van der Waals surface area contributed by atoms with Gasteiger partial charge in [-0.3, -0.25) is 4.79 Å². The number of anilines is 1. The topological polar surface area (TPSA) is 105 Å². The highest BCUT2D eigenvalue weighted by Crippen LogP contribution is 2.28. The maximum atomic E-state index is 13.5. The monoisotopic (exact) mass is 518 g/mol. The summed E-state index contributed by atoms with van der Waals surface area (Å²) in [5.41, 5.74) is 1.19. The van der Waals surface area contributed by atoms with Crippen molar-refractivity contribution in [3.8, 4) is 17.2 Å². The number of hydrogen-bond donors (Lipinski definition) is 1. The Bertz CT molecular complexity index is 1370. The third kappa shape index (κ3) is 5.44. The molecule has 0 amide bonds. The number of hydrogen-bond acceptors (Lipinski definition) is 7. The number of benzene rings is 2. The molecule has 2 aromatic carbocycles. The Balaban J connectivity index is 1.67. The van der Waals surface area contributed by atoms with Crippen LogP contribution in [0.4, 0.5) is 5.69 Å². The van der Waals surface area contributed by atoms with Gasteiger partial charge >= 0.3 is 5.56 Å². The summed E-state index contributed by atoms with van der Waals surface area (Å²) in [6.07, 6.45) is 1.55. The molecule has 186 valence electrons. The third-order valence-corrected chi connectivity index (χ3v) is 8.31. The van der Waals surface area contributed by atoms with Crippen LogP contribution in [-0.2, 0) is 16.6 Å². The van der Waals surface area contributed by atoms with Crippen molar-refractivity contribution in [1.82, 2.24) is 14.1 Å². The molecule has 0 radical (unpaired) electrons. The lowest BCUT2D eigenvalue weighted by molar-refractivity contribution is 0.297. The van der Waals surface area contributed by atoms with E-state index in [1.54, 1.807) is 68.6 Å². The van der Waals surface area contributed by atoms with E-state index in [0.29, 0.717) is 48.1 Å². The molecule has 1 aliphatic rings. The fourth-order valence-corrected chi connectivity index (χ4v) is 5.32. The van der Waals surface area contributed by atoms with Crippen LogP contribution in [0, 0.1) is 0 Å². The van der Waals surface area contributed by atoms with E-state index in [0.717, 1.165) is 0 Å². The minimum absolute atomic E-state index is 0.0535. The van der Waals surface area contributed by atoms with Crippen molar-refractivity contribution < 1.29 is 18.3 Å². The van der Waals surface area contributed by atoms with Crippen LogP contribution < -0.4 is 15.2 Å². The number of aromatic nitrogens is 2. The number of aromatic hydroxyl groups is 1. The third-order valence-electron chi connectivity index (χ3n) is 5.80. The van der Waals surface area contributed by atoms with Crippen molar-refractivity contribution in [2.45, 2.75) is 25.7 Å². The average molecular weight is 519 g/mol. The van der Waals surface area contributed by atoms with Gasteiger partial charge in [0.25, 0.3) is 0 Å². The van der Waals surface area contributed by atoms with Gasteiger partial charge in [0.15, 0.2) is 0 Å². The number of rotatable bonds is 7. The van der Waals surface area contributed by atoms with E-state index >= 15 is 0 Å². The first kappa shape index (κ1) is 25.0. The van der Waals surface area contributed by atoms with Crippen LogP contribution in [0.25, 0.3) is 5.69 Å². The smallest absolute Gasteiger partial charge is 0.316 e. The Morgan fingerprint density at radius 1 is 1.09 bits per heavy atom. The zero-order valence-electron chi connectivity index (χ0n) is 19.5. The maximum Gasteiger partial charge on any atom is 0.316 e. The van der Waals surface area contributed by atoms with Crippen molar-refractivity contribution in [3.63, 3.8) is 0 Å². The highest BCUT2D eigenvalue weighted by Gasteiger charge is 2.31. The molecule has 0 aliphatic carbocycles. The molecular formula is C24H27ClN4O5S. The number of ether oxygens (including phenoxy) is 1. The summed E-state index contributed by atoms with van der Waals surface area (Å²) < 4.78 is 33.8. The minimum atomic E-state index is -3.36. The molecular weight excluding hydrogens is 492 g/mol. The van der Waals surface area contributed by atoms with Crippen LogP contribution in [0.1, 0.15) is 19.4 Å². The molecule has 11 heteroatoms. The Morgan fingerprint density at radius 3 is 2.46 bits per heavy atom. The van der Waals surface area contributed by atoms with E-state index in [4.69, 9.17) is 16.3 Å². The quantitative estimate of drug-likeness (QED) is 0.512. The summed E-state index contributed by atoms with van der Waals surface area (Å²) in [6, 6.07) is 13.4. The van der Waals surface area contributed by atoms with E-state index in [2.05, 4.69) is 5.10 Å². The molecule has 0 saturated carbocycles. The van der Waals surface area contributed by atoms with E-state index < -0.39 is 20.8 Å². The number of phenolic OH excluding ortho intramolecular Hbond substituents is 1. The zero-order valence-corrected chi connectivity index (χ0v) is 21.0. The van der Waals surface area contributed by atoms with Crippen LogP contribution >= 0.6 is 11.6 Å². The molecule has 2 heterocycles. The predicted molar refractivity (Wildman–Crippen MR) is 135 cm³/mol. The first-order chi connectivity index (χ1) is 16.7. The van der Waals surface area contributed by atoms with Crippen LogP contribution in [0.3, 0.4) is 0 Å². The molecule has 0 spiro atoms. The number of halogens is 1. The van der Waals surface area contributed by atoms with Gasteiger partial charge in [0.1, 0.15) is 18.0 Å². The highest BCUT2D eigenvalue weighted by atomic mass is 35.5. The number of sulfonamides is 1. The Hall–Kier alpha value is -3.08. The van der Waals surface area contributed by atoms with E-state index in [1.165, 1.54) is 8.99 Å². The van der Waals surface area contributed by atoms with Gasteiger partial charge < -0.3 is 14.7 Å². The summed E-state index contributed by atoms with van der Waals surface area (Å²) in [7, 11) is -3.36. The van der Waals surface area contributed by atoms with Crippen molar-refractivity contribution in [1.29, 1.82) is 0 Å². The van der Waals surface area contributed by atoms with Gasteiger partial charge in [0.05, 0.1) is 17.1 Å². The summed E-state index contributed by atoms with van der Waals surface area (Å²) in [4.78, 5) is 15.4. The van der Waals surface area contributed by atoms with Gasteiger partial charge in [0.2, 0.25) is 15.8 Å². The predicted octanol–water partition coefficient (Wildman–Crippen LogP) is 3.03. The first-order valence-corrected chi connectivity index (χ1v) is 13.1. The maximum absolute atomic E-state index is 13.5. The molecule has 1 fully saturated rings. The van der Waals surface area contributed by atoms with Crippen molar-refractivity contribution >= 4 is 27.3 Å². The lowest BCUT2D eigenvalue weighted by Crippen LogP contribution is -2.50.